The van der Waals surface area contributed by atoms with Crippen LogP contribution in [0.25, 0.3) is 10.4 Å². The van der Waals surface area contributed by atoms with Gasteiger partial charge in [0.05, 0.1) is 6.61 Å². The summed E-state index contributed by atoms with van der Waals surface area (Å²) in [5, 5.41) is 48.3. The third-order valence-corrected chi connectivity index (χ3v) is 6.45. The van der Waals surface area contributed by atoms with Gasteiger partial charge < -0.3 is 25.5 Å². The number of aliphatic hydroxyl groups excluding tert-OH is 5. The predicted molar refractivity (Wildman–Crippen MR) is 119 cm³/mol. The van der Waals surface area contributed by atoms with E-state index in [-0.39, 0.29) is 11.4 Å². The lowest BCUT2D eigenvalue weighted by molar-refractivity contribution is -0.105. The molecular weight excluding hydrogens is 435 g/mol. The second-order valence-electron chi connectivity index (χ2n) is 7.63. The molecular formula is C24H25FO6S. The number of ketones is 1. The minimum absolute atomic E-state index is 0.151. The number of Topliss-reactive ketones (excluding diaryl/α,β-unsaturated/α-hetero) is 1. The van der Waals surface area contributed by atoms with Gasteiger partial charge in [-0.2, -0.15) is 0 Å². The van der Waals surface area contributed by atoms with Crippen LogP contribution >= 0.6 is 11.3 Å². The summed E-state index contributed by atoms with van der Waals surface area (Å²) in [6.45, 7) is 1.07. The molecule has 0 aliphatic heterocycles. The monoisotopic (exact) mass is 460 g/mol. The van der Waals surface area contributed by atoms with Crippen LogP contribution in [0.1, 0.15) is 26.4 Å². The maximum absolute atomic E-state index is 13.2. The van der Waals surface area contributed by atoms with Gasteiger partial charge in [-0.15, -0.1) is 11.3 Å². The van der Waals surface area contributed by atoms with E-state index in [0.29, 0.717) is 6.42 Å². The first-order valence-electron chi connectivity index (χ1n) is 10.0. The summed E-state index contributed by atoms with van der Waals surface area (Å²) in [5.74, 6) is -1.10. The van der Waals surface area contributed by atoms with Crippen LogP contribution in [0.5, 0.6) is 0 Å². The van der Waals surface area contributed by atoms with Gasteiger partial charge in [0.2, 0.25) is 0 Å². The van der Waals surface area contributed by atoms with Crippen molar-refractivity contribution in [3.63, 3.8) is 0 Å². The first-order chi connectivity index (χ1) is 15.2. The van der Waals surface area contributed by atoms with Crippen LogP contribution in [0, 0.1) is 12.7 Å². The van der Waals surface area contributed by atoms with Gasteiger partial charge in [0.15, 0.2) is 5.78 Å². The summed E-state index contributed by atoms with van der Waals surface area (Å²) < 4.78 is 13.2. The van der Waals surface area contributed by atoms with Gasteiger partial charge in [0.25, 0.3) is 0 Å². The standard InChI is InChI=1S/C24H25FO6S/c1-13-2-3-15(21(28)23(30)24(31)22(29)19(27)12-26)10-16(13)11-18-8-9-20(32-18)14-4-6-17(25)7-5-14/h2-10,19,22-24,26-27,29-31H,11-12H2,1H3. The number of aliphatic hydroxyl groups is 5. The molecule has 0 radical (unpaired) electrons. The lowest BCUT2D eigenvalue weighted by atomic mass is 9.93. The number of carbonyl (C=O) groups is 1. The maximum atomic E-state index is 13.2. The van der Waals surface area contributed by atoms with Gasteiger partial charge >= 0.3 is 0 Å². The highest BCUT2D eigenvalue weighted by molar-refractivity contribution is 7.15. The molecule has 0 aliphatic carbocycles. The molecule has 3 rings (SSSR count). The molecule has 1 heterocycles. The van der Waals surface area contributed by atoms with Crippen molar-refractivity contribution in [1.29, 1.82) is 0 Å². The van der Waals surface area contributed by atoms with Crippen molar-refractivity contribution >= 4 is 17.1 Å². The minimum atomic E-state index is -1.96. The number of hydrogen-bond acceptors (Lipinski definition) is 7. The van der Waals surface area contributed by atoms with Crippen molar-refractivity contribution in [3.8, 4) is 10.4 Å². The van der Waals surface area contributed by atoms with E-state index in [9.17, 15) is 29.6 Å². The van der Waals surface area contributed by atoms with Crippen LogP contribution in [0.2, 0.25) is 0 Å². The molecule has 0 saturated heterocycles. The lowest BCUT2D eigenvalue weighted by Crippen LogP contribution is -2.48. The van der Waals surface area contributed by atoms with Crippen molar-refractivity contribution in [2.45, 2.75) is 37.8 Å². The maximum Gasteiger partial charge on any atom is 0.194 e. The number of hydrogen-bond donors (Lipinski definition) is 5. The molecule has 170 valence electrons. The van der Waals surface area contributed by atoms with Crippen LogP contribution in [0.3, 0.4) is 0 Å². The second kappa shape index (κ2) is 10.4. The minimum Gasteiger partial charge on any atom is -0.394 e. The largest absolute Gasteiger partial charge is 0.394 e. The Morgan fingerprint density at radius 1 is 0.969 bits per heavy atom. The van der Waals surface area contributed by atoms with E-state index in [1.165, 1.54) is 18.2 Å². The highest BCUT2D eigenvalue weighted by Crippen LogP contribution is 2.30. The lowest BCUT2D eigenvalue weighted by Gasteiger charge is -2.25. The zero-order chi connectivity index (χ0) is 23.4. The Kier molecular flexibility index (Phi) is 7.89. The molecule has 6 nitrogen and oxygen atoms in total. The first-order valence-corrected chi connectivity index (χ1v) is 10.8. The van der Waals surface area contributed by atoms with E-state index in [2.05, 4.69) is 0 Å². The number of thiophene rings is 1. The molecule has 5 N–H and O–H groups in total. The molecule has 0 amide bonds. The summed E-state index contributed by atoms with van der Waals surface area (Å²) in [5.41, 5.74) is 2.84. The van der Waals surface area contributed by atoms with Crippen LogP contribution in [-0.4, -0.2) is 62.3 Å². The van der Waals surface area contributed by atoms with Gasteiger partial charge in [-0.25, -0.2) is 4.39 Å². The SMILES string of the molecule is Cc1ccc(C(=O)C(O)C(O)C(O)C(O)CO)cc1Cc1ccc(-c2ccc(F)cc2)s1. The smallest absolute Gasteiger partial charge is 0.194 e. The average molecular weight is 461 g/mol. The van der Waals surface area contributed by atoms with Gasteiger partial charge in [-0.1, -0.05) is 24.3 Å². The highest BCUT2D eigenvalue weighted by atomic mass is 32.1. The fourth-order valence-electron chi connectivity index (χ4n) is 3.29. The molecule has 4 unspecified atom stereocenters. The quantitative estimate of drug-likeness (QED) is 0.312. The average Bonchev–Trinajstić information content (AvgIpc) is 3.26. The number of carbonyl (C=O) groups excluding carboxylic acids is 1. The Morgan fingerprint density at radius 2 is 1.66 bits per heavy atom. The summed E-state index contributed by atoms with van der Waals surface area (Å²) in [6, 6.07) is 15.0. The van der Waals surface area contributed by atoms with Gasteiger partial charge in [0.1, 0.15) is 30.2 Å². The Hall–Kier alpha value is -2.46. The van der Waals surface area contributed by atoms with Crippen molar-refractivity contribution < 1.29 is 34.7 Å². The number of benzene rings is 2. The Labute approximate surface area is 188 Å². The first kappa shape index (κ1) is 24.2. The van der Waals surface area contributed by atoms with Crippen LogP contribution < -0.4 is 0 Å². The number of aryl methyl sites for hydroxylation is 1. The number of rotatable bonds is 9. The van der Waals surface area contributed by atoms with E-state index in [0.717, 1.165) is 26.4 Å². The molecule has 4 atom stereocenters. The van der Waals surface area contributed by atoms with Crippen LogP contribution in [-0.2, 0) is 6.42 Å². The molecule has 32 heavy (non-hydrogen) atoms. The fourth-order valence-corrected chi connectivity index (χ4v) is 4.33. The number of halogens is 1. The van der Waals surface area contributed by atoms with Crippen molar-refractivity contribution in [2.24, 2.45) is 0 Å². The van der Waals surface area contributed by atoms with Gasteiger partial charge in [-0.3, -0.25) is 4.79 Å². The molecule has 8 heteroatoms. The van der Waals surface area contributed by atoms with Gasteiger partial charge in [0, 0.05) is 21.7 Å². The van der Waals surface area contributed by atoms with Crippen LogP contribution in [0.4, 0.5) is 4.39 Å². The van der Waals surface area contributed by atoms with Gasteiger partial charge in [-0.05, 0) is 53.9 Å². The molecule has 0 fully saturated rings. The van der Waals surface area contributed by atoms with E-state index in [1.54, 1.807) is 35.6 Å². The highest BCUT2D eigenvalue weighted by Gasteiger charge is 2.34. The predicted octanol–water partition coefficient (Wildman–Crippen LogP) is 2.07. The third-order valence-electron chi connectivity index (χ3n) is 5.31. The molecule has 0 saturated carbocycles. The molecule has 1 aromatic heterocycles. The topological polar surface area (TPSA) is 118 Å². The molecule has 2 aromatic carbocycles. The zero-order valence-electron chi connectivity index (χ0n) is 17.4. The summed E-state index contributed by atoms with van der Waals surface area (Å²) in [7, 11) is 0. The summed E-state index contributed by atoms with van der Waals surface area (Å²) in [4.78, 5) is 14.7. The molecule has 0 aliphatic rings. The molecule has 0 spiro atoms. The zero-order valence-corrected chi connectivity index (χ0v) is 18.2. The Bertz CT molecular complexity index is 1060. The summed E-state index contributed by atoms with van der Waals surface area (Å²) >= 11 is 1.55. The van der Waals surface area contributed by atoms with Crippen LogP contribution in [0.15, 0.2) is 54.6 Å². The van der Waals surface area contributed by atoms with Crippen molar-refractivity contribution in [3.05, 3.63) is 82.0 Å². The fraction of sp³-hybridized carbons (Fsp3) is 0.292. The van der Waals surface area contributed by atoms with Crippen molar-refractivity contribution in [2.75, 3.05) is 6.61 Å². The molecule has 3 aromatic rings. The summed E-state index contributed by atoms with van der Waals surface area (Å²) in [6.07, 6.45) is -6.95. The third kappa shape index (κ3) is 5.47. The van der Waals surface area contributed by atoms with Crippen molar-refractivity contribution in [1.82, 2.24) is 0 Å². The normalized spacial score (nSPS) is 15.2. The Balaban J connectivity index is 1.77. The van der Waals surface area contributed by atoms with E-state index in [1.807, 2.05) is 19.1 Å². The molecule has 0 bridgehead atoms. The Morgan fingerprint density at radius 3 is 2.31 bits per heavy atom. The van der Waals surface area contributed by atoms with E-state index < -0.39 is 36.8 Å². The second-order valence-corrected chi connectivity index (χ2v) is 8.80. The van der Waals surface area contributed by atoms with E-state index in [4.69, 9.17) is 5.11 Å². The van der Waals surface area contributed by atoms with E-state index >= 15 is 0 Å².